The fourth-order valence-corrected chi connectivity index (χ4v) is 11.4. The molecule has 7 N–H and O–H groups in total. The lowest BCUT2D eigenvalue weighted by atomic mass is 9.42. The van der Waals surface area contributed by atoms with Gasteiger partial charge in [0.15, 0.2) is 6.29 Å². The minimum atomic E-state index is -4.85. The predicted molar refractivity (Wildman–Crippen MR) is 162 cm³/mol. The third-order valence-electron chi connectivity index (χ3n) is 13.1. The zero-order valence-corrected chi connectivity index (χ0v) is 28.1. The highest BCUT2D eigenvalue weighted by Gasteiger charge is 2.70. The van der Waals surface area contributed by atoms with Crippen molar-refractivity contribution < 1.29 is 57.3 Å². The number of ether oxygens (including phenoxy) is 2. The summed E-state index contributed by atoms with van der Waals surface area (Å²) in [5, 5.41) is 66.8. The number of aliphatic hydroxyl groups is 6. The summed E-state index contributed by atoms with van der Waals surface area (Å²) in [5.74, 6) is -0.161. The quantitative estimate of drug-likeness (QED) is 0.176. The molecule has 45 heavy (non-hydrogen) atoms. The van der Waals surface area contributed by atoms with Crippen molar-refractivity contribution in [2.45, 2.75) is 147 Å². The Balaban J connectivity index is 1.25. The van der Waals surface area contributed by atoms with Crippen LogP contribution in [0.1, 0.15) is 92.4 Å². The molecule has 1 saturated heterocycles. The van der Waals surface area contributed by atoms with Gasteiger partial charge in [0.25, 0.3) is 0 Å². The van der Waals surface area contributed by atoms with Gasteiger partial charge in [0, 0.05) is 12.3 Å². The maximum Gasteiger partial charge on any atom is 0.397 e. The second-order valence-electron chi connectivity index (χ2n) is 16.0. The molecule has 5 aliphatic rings. The fraction of sp³-hybridized carbons (Fsp3) is 1.00. The van der Waals surface area contributed by atoms with Crippen molar-refractivity contribution >= 4 is 10.4 Å². The van der Waals surface area contributed by atoms with Gasteiger partial charge in [0.1, 0.15) is 18.3 Å². The summed E-state index contributed by atoms with van der Waals surface area (Å²) < 4.78 is 47.1. The Morgan fingerprint density at radius 3 is 2.22 bits per heavy atom. The molecule has 13 heteroatoms. The summed E-state index contributed by atoms with van der Waals surface area (Å²) in [4.78, 5) is 0. The Hall–Kier alpha value is -0.450. The zero-order valence-electron chi connectivity index (χ0n) is 27.2. The van der Waals surface area contributed by atoms with E-state index in [0.717, 1.165) is 25.7 Å². The Labute approximate surface area is 267 Å². The van der Waals surface area contributed by atoms with Gasteiger partial charge in [-0.25, -0.2) is 4.18 Å². The first-order valence-electron chi connectivity index (χ1n) is 16.9. The lowest BCUT2D eigenvalue weighted by Crippen LogP contribution is -2.68. The molecule has 0 aromatic rings. The second-order valence-corrected chi connectivity index (χ2v) is 17.1. The maximum absolute atomic E-state index is 12.5. The molecule has 4 saturated carbocycles. The molecule has 0 bridgehead atoms. The van der Waals surface area contributed by atoms with Crippen LogP contribution >= 0.6 is 0 Å². The largest absolute Gasteiger partial charge is 0.397 e. The smallest absolute Gasteiger partial charge is 0.393 e. The van der Waals surface area contributed by atoms with Crippen molar-refractivity contribution in [2.75, 3.05) is 6.61 Å². The summed E-state index contributed by atoms with van der Waals surface area (Å²) in [7, 11) is -4.85. The molecular formula is C32H56O12S. The highest BCUT2D eigenvalue weighted by Crippen LogP contribution is 2.69. The average molecular weight is 665 g/mol. The standard InChI is InChI=1S/C32H56O12S/c1-16(2)23(43-29-27(37)26(36)24(15-42-29)44-45(39,40)41)7-6-17(3)19-13-21(34)28-31(19,5)11-9-25-30(4)10-8-18(33)12-20(30)22(35)14-32(25,28)38/h16-29,33-38H,6-15H2,1-5H3,(H,39,40,41). The van der Waals surface area contributed by atoms with Crippen molar-refractivity contribution in [2.24, 2.45) is 46.3 Å². The van der Waals surface area contributed by atoms with Crippen molar-refractivity contribution in [1.29, 1.82) is 0 Å². The van der Waals surface area contributed by atoms with Crippen molar-refractivity contribution in [3.05, 3.63) is 0 Å². The molecule has 12 nitrogen and oxygen atoms in total. The van der Waals surface area contributed by atoms with E-state index in [1.807, 2.05) is 13.8 Å². The SMILES string of the molecule is CC(C)C(CCC(C)C1CC(O)C2C1(C)CCC1C3(C)CCC(O)CC3C(O)CC12O)OC1OCC(OS(=O)(=O)O)C(O)C1O. The number of aliphatic hydroxyl groups excluding tert-OH is 5. The Morgan fingerprint density at radius 1 is 0.911 bits per heavy atom. The third-order valence-corrected chi connectivity index (χ3v) is 13.6. The van der Waals surface area contributed by atoms with Crippen LogP contribution in [0.2, 0.25) is 0 Å². The number of hydrogen-bond acceptors (Lipinski definition) is 11. The van der Waals surface area contributed by atoms with Gasteiger partial charge in [-0.15, -0.1) is 0 Å². The molecule has 16 unspecified atom stereocenters. The zero-order chi connectivity index (χ0) is 33.3. The Morgan fingerprint density at radius 2 is 1.58 bits per heavy atom. The van der Waals surface area contributed by atoms with E-state index in [1.165, 1.54) is 0 Å². The normalized spacial score (nSPS) is 50.0. The van der Waals surface area contributed by atoms with Crippen LogP contribution in [0.5, 0.6) is 0 Å². The average Bonchev–Trinajstić information content (AvgIpc) is 3.21. The molecule has 0 aromatic carbocycles. The van der Waals surface area contributed by atoms with Gasteiger partial charge in [-0.3, -0.25) is 4.55 Å². The first-order chi connectivity index (χ1) is 20.8. The van der Waals surface area contributed by atoms with Crippen LogP contribution in [-0.2, 0) is 24.1 Å². The van der Waals surface area contributed by atoms with Crippen LogP contribution in [0.3, 0.4) is 0 Å². The maximum atomic E-state index is 12.5. The molecule has 0 aromatic heterocycles. The number of hydrogen-bond donors (Lipinski definition) is 7. The number of rotatable bonds is 9. The van der Waals surface area contributed by atoms with E-state index < -0.39 is 65.5 Å². The summed E-state index contributed by atoms with van der Waals surface area (Å²) in [5.41, 5.74) is -1.82. The van der Waals surface area contributed by atoms with E-state index in [2.05, 4.69) is 25.0 Å². The topological polar surface area (TPSA) is 203 Å². The molecule has 262 valence electrons. The molecule has 1 heterocycles. The van der Waals surface area contributed by atoms with Crippen LogP contribution in [-0.4, -0.2) is 105 Å². The van der Waals surface area contributed by atoms with Gasteiger partial charge in [0.2, 0.25) is 0 Å². The lowest BCUT2D eigenvalue weighted by molar-refractivity contribution is -0.284. The summed E-state index contributed by atoms with van der Waals surface area (Å²) in [6, 6.07) is 0. The third kappa shape index (κ3) is 6.50. The molecule has 1 aliphatic heterocycles. The van der Waals surface area contributed by atoms with E-state index in [9.17, 15) is 39.1 Å². The number of fused-ring (bicyclic) bond motifs is 5. The Bertz CT molecular complexity index is 1150. The summed E-state index contributed by atoms with van der Waals surface area (Å²) in [6.45, 7) is 10.1. The van der Waals surface area contributed by atoms with Crippen molar-refractivity contribution in [3.63, 3.8) is 0 Å². The Kier molecular flexibility index (Phi) is 10.2. The molecule has 0 radical (unpaired) electrons. The van der Waals surface area contributed by atoms with Gasteiger partial charge in [-0.1, -0.05) is 34.6 Å². The molecule has 4 aliphatic carbocycles. The van der Waals surface area contributed by atoms with Crippen molar-refractivity contribution in [1.82, 2.24) is 0 Å². The van der Waals surface area contributed by atoms with Crippen LogP contribution in [0.4, 0.5) is 0 Å². The molecular weight excluding hydrogens is 608 g/mol. The van der Waals surface area contributed by atoms with Crippen LogP contribution in [0, 0.1) is 46.3 Å². The minimum Gasteiger partial charge on any atom is -0.393 e. The minimum absolute atomic E-state index is 0.0250. The molecule has 0 amide bonds. The van der Waals surface area contributed by atoms with E-state index in [1.54, 1.807) is 0 Å². The van der Waals surface area contributed by atoms with Crippen LogP contribution in [0.25, 0.3) is 0 Å². The highest BCUT2D eigenvalue weighted by atomic mass is 32.3. The fourth-order valence-electron chi connectivity index (χ4n) is 10.9. The van der Waals surface area contributed by atoms with E-state index >= 15 is 0 Å². The monoisotopic (exact) mass is 664 g/mol. The van der Waals surface area contributed by atoms with Crippen LogP contribution in [0.15, 0.2) is 0 Å². The summed E-state index contributed by atoms with van der Waals surface area (Å²) in [6.07, 6.45) is -2.36. The molecule has 16 atom stereocenters. The van der Waals surface area contributed by atoms with E-state index in [-0.39, 0.29) is 58.9 Å². The predicted octanol–water partition coefficient (Wildman–Crippen LogP) is 1.79. The second kappa shape index (κ2) is 12.8. The van der Waals surface area contributed by atoms with E-state index in [0.29, 0.717) is 25.7 Å². The first kappa shape index (κ1) is 35.8. The van der Waals surface area contributed by atoms with Gasteiger partial charge < -0.3 is 40.1 Å². The van der Waals surface area contributed by atoms with Gasteiger partial charge in [-0.05, 0) is 91.8 Å². The highest BCUT2D eigenvalue weighted by molar-refractivity contribution is 7.80. The van der Waals surface area contributed by atoms with Gasteiger partial charge >= 0.3 is 10.4 Å². The van der Waals surface area contributed by atoms with Gasteiger partial charge in [-0.2, -0.15) is 8.42 Å². The van der Waals surface area contributed by atoms with E-state index in [4.69, 9.17) is 14.0 Å². The molecule has 5 fully saturated rings. The summed E-state index contributed by atoms with van der Waals surface area (Å²) >= 11 is 0. The van der Waals surface area contributed by atoms with Crippen LogP contribution < -0.4 is 0 Å². The molecule has 0 spiro atoms. The first-order valence-corrected chi connectivity index (χ1v) is 18.2. The lowest BCUT2D eigenvalue weighted by Gasteiger charge is -2.66. The van der Waals surface area contributed by atoms with Crippen molar-refractivity contribution in [3.8, 4) is 0 Å². The molecule has 5 rings (SSSR count). The van der Waals surface area contributed by atoms with Gasteiger partial charge in [0.05, 0.1) is 36.6 Å².